The molecule has 1 fully saturated rings. The van der Waals surface area contributed by atoms with Gasteiger partial charge in [0, 0.05) is 0 Å². The van der Waals surface area contributed by atoms with Crippen LogP contribution in [-0.2, 0) is 4.74 Å². The topological polar surface area (TPSA) is 32.8 Å². The van der Waals surface area contributed by atoms with Crippen molar-refractivity contribution in [2.24, 2.45) is 0 Å². The maximum absolute atomic E-state index is 8.69. The zero-order valence-electron chi connectivity index (χ0n) is 7.96. The van der Waals surface area contributed by atoms with Gasteiger partial charge in [0.15, 0.2) is 0 Å². The minimum atomic E-state index is 0.177. The monoisotopic (exact) mass is 172 g/mol. The summed E-state index contributed by atoms with van der Waals surface area (Å²) in [5, 5.41) is 8.69. The molecule has 0 spiro atoms. The summed E-state index contributed by atoms with van der Waals surface area (Å²) in [5.41, 5.74) is 0. The van der Waals surface area contributed by atoms with Gasteiger partial charge in [-0.05, 0) is 6.42 Å². The molecule has 1 unspecified atom stereocenters. The smallest absolute Gasteiger partial charge is 0.107 e. The van der Waals surface area contributed by atoms with Gasteiger partial charge in [-0.15, -0.1) is 0 Å². The molecule has 0 aromatic heterocycles. The Morgan fingerprint density at radius 3 is 2.42 bits per heavy atom. The first kappa shape index (κ1) is 10.0. The van der Waals surface area contributed by atoms with Crippen molar-refractivity contribution in [1.29, 1.82) is 0 Å². The maximum atomic E-state index is 8.69. The van der Waals surface area contributed by atoms with Crippen LogP contribution in [0.4, 0.5) is 0 Å². The molecule has 2 nitrogen and oxygen atoms in total. The first-order valence-corrected chi connectivity index (χ1v) is 5.14. The van der Waals surface area contributed by atoms with Crippen LogP contribution in [0.2, 0.25) is 0 Å². The Balaban J connectivity index is 1.78. The Labute approximate surface area is 74.9 Å². The Kier molecular flexibility index (Phi) is 4.62. The number of hydrogen-bond donors (Lipinski definition) is 1. The molecular formula is C10H20O2. The lowest BCUT2D eigenvalue weighted by Gasteiger charge is -1.96. The molecule has 0 aromatic rings. The lowest BCUT2D eigenvalue weighted by Crippen LogP contribution is -1.98. The molecule has 12 heavy (non-hydrogen) atoms. The van der Waals surface area contributed by atoms with E-state index in [4.69, 9.17) is 9.84 Å². The molecule has 0 amide bonds. The van der Waals surface area contributed by atoms with E-state index in [0.717, 1.165) is 6.42 Å². The van der Waals surface area contributed by atoms with E-state index in [-0.39, 0.29) is 12.7 Å². The van der Waals surface area contributed by atoms with Crippen molar-refractivity contribution in [2.45, 2.75) is 57.7 Å². The van der Waals surface area contributed by atoms with Gasteiger partial charge in [-0.3, -0.25) is 0 Å². The molecule has 1 rings (SSSR count). The van der Waals surface area contributed by atoms with Crippen molar-refractivity contribution < 1.29 is 9.84 Å². The van der Waals surface area contributed by atoms with Gasteiger partial charge in [-0.2, -0.15) is 0 Å². The van der Waals surface area contributed by atoms with Gasteiger partial charge in [0.2, 0.25) is 0 Å². The van der Waals surface area contributed by atoms with Crippen LogP contribution in [0.15, 0.2) is 0 Å². The minimum Gasteiger partial charge on any atom is -0.394 e. The van der Waals surface area contributed by atoms with E-state index >= 15 is 0 Å². The average molecular weight is 172 g/mol. The second-order valence-corrected chi connectivity index (χ2v) is 3.60. The fraction of sp³-hybridized carbons (Fsp3) is 1.00. The van der Waals surface area contributed by atoms with Crippen LogP contribution in [0.5, 0.6) is 0 Å². The quantitative estimate of drug-likeness (QED) is 0.471. The van der Waals surface area contributed by atoms with Gasteiger partial charge in [0.1, 0.15) is 6.10 Å². The third-order valence-electron chi connectivity index (χ3n) is 2.46. The lowest BCUT2D eigenvalue weighted by atomic mass is 10.1. The largest absolute Gasteiger partial charge is 0.394 e. The second-order valence-electron chi connectivity index (χ2n) is 3.60. The van der Waals surface area contributed by atoms with Crippen LogP contribution in [0.3, 0.4) is 0 Å². The minimum absolute atomic E-state index is 0.177. The number of rotatable bonds is 7. The summed E-state index contributed by atoms with van der Waals surface area (Å²) in [4.78, 5) is 0. The number of aliphatic hydroxyl groups excluding tert-OH is 1. The molecule has 0 saturated carbocycles. The Morgan fingerprint density at radius 2 is 1.83 bits per heavy atom. The van der Waals surface area contributed by atoms with Crippen LogP contribution >= 0.6 is 0 Å². The van der Waals surface area contributed by atoms with Crippen LogP contribution in [0.25, 0.3) is 0 Å². The molecule has 2 heteroatoms. The molecule has 1 heterocycles. The van der Waals surface area contributed by atoms with Gasteiger partial charge in [-0.1, -0.05) is 39.0 Å². The Hall–Kier alpha value is -0.0800. The normalized spacial score (nSPS) is 27.5. The number of aliphatic hydroxyl groups is 1. The van der Waals surface area contributed by atoms with Gasteiger partial charge < -0.3 is 9.84 Å². The van der Waals surface area contributed by atoms with Crippen molar-refractivity contribution in [3.05, 3.63) is 0 Å². The fourth-order valence-electron chi connectivity index (χ4n) is 1.54. The number of unbranched alkanes of at least 4 members (excludes halogenated alkanes) is 4. The molecule has 72 valence electrons. The summed E-state index contributed by atoms with van der Waals surface area (Å²) in [6.45, 7) is 2.44. The van der Waals surface area contributed by atoms with Gasteiger partial charge in [0.05, 0.1) is 12.7 Å². The van der Waals surface area contributed by atoms with Crippen LogP contribution in [0, 0.1) is 0 Å². The first-order chi connectivity index (χ1) is 5.88. The van der Waals surface area contributed by atoms with E-state index < -0.39 is 0 Å². The predicted molar refractivity (Wildman–Crippen MR) is 49.1 cm³/mol. The van der Waals surface area contributed by atoms with E-state index in [1.54, 1.807) is 0 Å². The highest BCUT2D eigenvalue weighted by Crippen LogP contribution is 2.26. The van der Waals surface area contributed by atoms with E-state index in [1.165, 1.54) is 32.1 Å². The van der Waals surface area contributed by atoms with Crippen LogP contribution < -0.4 is 0 Å². The third-order valence-corrected chi connectivity index (χ3v) is 2.46. The predicted octanol–water partition coefficient (Wildman–Crippen LogP) is 2.11. The SMILES string of the molecule is CCCCCCCC1O[C@H]1CO. The zero-order chi connectivity index (χ0) is 8.81. The van der Waals surface area contributed by atoms with Gasteiger partial charge in [-0.25, -0.2) is 0 Å². The van der Waals surface area contributed by atoms with Crippen LogP contribution in [0.1, 0.15) is 45.4 Å². The van der Waals surface area contributed by atoms with Crippen molar-refractivity contribution in [3.8, 4) is 0 Å². The molecule has 0 bridgehead atoms. The highest BCUT2D eigenvalue weighted by molar-refractivity contribution is 4.83. The molecule has 1 aliphatic rings. The van der Waals surface area contributed by atoms with Crippen molar-refractivity contribution in [2.75, 3.05) is 6.61 Å². The van der Waals surface area contributed by atoms with E-state index in [2.05, 4.69) is 6.92 Å². The molecule has 2 atom stereocenters. The Bertz CT molecular complexity index is 114. The summed E-state index contributed by atoms with van der Waals surface area (Å²) in [5.74, 6) is 0. The van der Waals surface area contributed by atoms with Crippen LogP contribution in [-0.4, -0.2) is 23.9 Å². The average Bonchev–Trinajstić information content (AvgIpc) is 2.83. The van der Waals surface area contributed by atoms with Crippen molar-refractivity contribution in [1.82, 2.24) is 0 Å². The summed E-state index contributed by atoms with van der Waals surface area (Å²) < 4.78 is 5.22. The number of epoxide rings is 1. The summed E-state index contributed by atoms with van der Waals surface area (Å²) in [7, 11) is 0. The second kappa shape index (κ2) is 5.55. The molecule has 0 aromatic carbocycles. The van der Waals surface area contributed by atoms with E-state index in [1.807, 2.05) is 0 Å². The summed E-state index contributed by atoms with van der Waals surface area (Å²) in [6.07, 6.45) is 8.32. The van der Waals surface area contributed by atoms with Crippen molar-refractivity contribution in [3.63, 3.8) is 0 Å². The molecule has 0 aliphatic carbocycles. The first-order valence-electron chi connectivity index (χ1n) is 5.14. The fourth-order valence-corrected chi connectivity index (χ4v) is 1.54. The molecule has 1 saturated heterocycles. The summed E-state index contributed by atoms with van der Waals surface area (Å²) >= 11 is 0. The molecule has 0 radical (unpaired) electrons. The van der Waals surface area contributed by atoms with Gasteiger partial charge >= 0.3 is 0 Å². The lowest BCUT2D eigenvalue weighted by molar-refractivity contribution is 0.241. The standard InChI is InChI=1S/C10H20O2/c1-2-3-4-5-6-7-9-10(8-11)12-9/h9-11H,2-8H2,1H3/t9?,10-/m0/s1. The maximum Gasteiger partial charge on any atom is 0.107 e. The summed E-state index contributed by atoms with van der Waals surface area (Å²) in [6, 6.07) is 0. The Morgan fingerprint density at radius 1 is 1.08 bits per heavy atom. The number of ether oxygens (including phenoxy) is 1. The molecule has 1 N–H and O–H groups in total. The van der Waals surface area contributed by atoms with E-state index in [0.29, 0.717) is 6.10 Å². The highest BCUT2D eigenvalue weighted by atomic mass is 16.6. The van der Waals surface area contributed by atoms with Gasteiger partial charge in [0.25, 0.3) is 0 Å². The van der Waals surface area contributed by atoms with Crippen molar-refractivity contribution >= 4 is 0 Å². The third kappa shape index (κ3) is 3.55. The highest BCUT2D eigenvalue weighted by Gasteiger charge is 2.36. The zero-order valence-corrected chi connectivity index (χ0v) is 7.96. The number of hydrogen-bond acceptors (Lipinski definition) is 2. The van der Waals surface area contributed by atoms with E-state index in [9.17, 15) is 0 Å². The molecule has 1 aliphatic heterocycles. The molecular weight excluding hydrogens is 152 g/mol.